The zero-order chi connectivity index (χ0) is 12.0. The molecule has 0 amide bonds. The molecule has 0 aliphatic heterocycles. The van der Waals surface area contributed by atoms with Crippen molar-refractivity contribution < 1.29 is 9.90 Å². The minimum atomic E-state index is -0.524. The van der Waals surface area contributed by atoms with Crippen molar-refractivity contribution in [3.05, 3.63) is 0 Å². The van der Waals surface area contributed by atoms with Gasteiger partial charge < -0.3 is 5.11 Å². The molecule has 1 N–H and O–H groups in total. The molecule has 0 aromatic rings. The summed E-state index contributed by atoms with van der Waals surface area (Å²) in [5, 5.41) is 9.49. The zero-order valence-electron chi connectivity index (χ0n) is 10.8. The molecular weight excluding hydrogens is 212 g/mol. The molecule has 4 fully saturated rings. The van der Waals surface area contributed by atoms with Crippen molar-refractivity contribution in [2.45, 2.75) is 51.9 Å². The molecule has 1 atom stereocenters. The van der Waals surface area contributed by atoms with Crippen LogP contribution in [0.3, 0.4) is 0 Å². The molecule has 4 saturated carbocycles. The van der Waals surface area contributed by atoms with Crippen molar-refractivity contribution in [3.8, 4) is 0 Å². The van der Waals surface area contributed by atoms with Gasteiger partial charge in [0.05, 0.1) is 5.92 Å². The number of carboxylic acid groups (broad SMARTS) is 1. The van der Waals surface area contributed by atoms with Gasteiger partial charge in [-0.25, -0.2) is 0 Å². The highest BCUT2D eigenvalue weighted by molar-refractivity contribution is 5.70. The van der Waals surface area contributed by atoms with Crippen LogP contribution in [0.5, 0.6) is 0 Å². The van der Waals surface area contributed by atoms with E-state index in [-0.39, 0.29) is 5.92 Å². The zero-order valence-corrected chi connectivity index (χ0v) is 10.8. The standard InChI is InChI=1S/C15H24O2/c1-2-3-13(15(16)17)14-11-5-9-4-10(7-11)8-12(14)6-9/h9-14H,2-8H2,1H3,(H,16,17). The predicted molar refractivity (Wildman–Crippen MR) is 66.6 cm³/mol. The number of carboxylic acids is 1. The van der Waals surface area contributed by atoms with Crippen molar-refractivity contribution in [1.82, 2.24) is 0 Å². The van der Waals surface area contributed by atoms with Gasteiger partial charge in [-0.15, -0.1) is 0 Å². The van der Waals surface area contributed by atoms with Crippen molar-refractivity contribution in [2.24, 2.45) is 35.5 Å². The van der Waals surface area contributed by atoms with E-state index in [1.807, 2.05) is 0 Å². The Hall–Kier alpha value is -0.530. The van der Waals surface area contributed by atoms with Crippen molar-refractivity contribution in [2.75, 3.05) is 0 Å². The largest absolute Gasteiger partial charge is 0.481 e. The summed E-state index contributed by atoms with van der Waals surface area (Å²) in [5.41, 5.74) is 0. The van der Waals surface area contributed by atoms with Crippen LogP contribution in [0.4, 0.5) is 0 Å². The Morgan fingerprint density at radius 1 is 1.12 bits per heavy atom. The topological polar surface area (TPSA) is 37.3 Å². The Bertz CT molecular complexity index is 282. The molecule has 4 rings (SSSR count). The number of rotatable bonds is 4. The monoisotopic (exact) mass is 236 g/mol. The normalized spacial score (nSPS) is 44.9. The molecule has 2 heteroatoms. The fraction of sp³-hybridized carbons (Fsp3) is 0.933. The summed E-state index contributed by atoms with van der Waals surface area (Å²) in [6, 6.07) is 0. The van der Waals surface area contributed by atoms with Crippen molar-refractivity contribution >= 4 is 5.97 Å². The maximum atomic E-state index is 11.5. The van der Waals surface area contributed by atoms with Crippen LogP contribution in [0.15, 0.2) is 0 Å². The molecule has 0 aromatic heterocycles. The molecule has 2 nitrogen and oxygen atoms in total. The average Bonchev–Trinajstić information content (AvgIpc) is 2.26. The van der Waals surface area contributed by atoms with Gasteiger partial charge in [0.2, 0.25) is 0 Å². The molecule has 0 aromatic carbocycles. The van der Waals surface area contributed by atoms with Gasteiger partial charge in [0, 0.05) is 0 Å². The van der Waals surface area contributed by atoms with E-state index in [1.54, 1.807) is 0 Å². The third-order valence-electron chi connectivity index (χ3n) is 5.68. The lowest BCUT2D eigenvalue weighted by Crippen LogP contribution is -2.49. The summed E-state index contributed by atoms with van der Waals surface area (Å²) in [7, 11) is 0. The molecule has 0 saturated heterocycles. The van der Waals surface area contributed by atoms with E-state index >= 15 is 0 Å². The summed E-state index contributed by atoms with van der Waals surface area (Å²) in [5.74, 6) is 3.34. The Labute approximate surface area is 104 Å². The number of hydrogen-bond donors (Lipinski definition) is 1. The lowest BCUT2D eigenvalue weighted by atomic mass is 9.49. The number of carbonyl (C=O) groups is 1. The van der Waals surface area contributed by atoms with Crippen molar-refractivity contribution in [1.29, 1.82) is 0 Å². The number of aliphatic carboxylic acids is 1. The summed E-state index contributed by atoms with van der Waals surface area (Å²) >= 11 is 0. The van der Waals surface area contributed by atoms with Crippen LogP contribution >= 0.6 is 0 Å². The average molecular weight is 236 g/mol. The molecule has 17 heavy (non-hydrogen) atoms. The van der Waals surface area contributed by atoms with E-state index in [4.69, 9.17) is 0 Å². The van der Waals surface area contributed by atoms with Gasteiger partial charge in [0.15, 0.2) is 0 Å². The first-order valence-electron chi connectivity index (χ1n) is 7.41. The van der Waals surface area contributed by atoms with E-state index in [9.17, 15) is 9.90 Å². The first kappa shape index (κ1) is 11.6. The molecule has 0 radical (unpaired) electrons. The molecule has 4 aliphatic carbocycles. The smallest absolute Gasteiger partial charge is 0.306 e. The second-order valence-electron chi connectivity index (χ2n) is 6.74. The van der Waals surface area contributed by atoms with Gasteiger partial charge in [-0.1, -0.05) is 13.3 Å². The summed E-state index contributed by atoms with van der Waals surface area (Å²) < 4.78 is 0. The second kappa shape index (κ2) is 4.29. The summed E-state index contributed by atoms with van der Waals surface area (Å²) in [6.07, 6.45) is 8.71. The Kier molecular flexibility index (Phi) is 2.92. The lowest BCUT2D eigenvalue weighted by molar-refractivity contribution is -0.151. The fourth-order valence-electron chi connectivity index (χ4n) is 5.42. The van der Waals surface area contributed by atoms with Crippen LogP contribution in [0.2, 0.25) is 0 Å². The summed E-state index contributed by atoms with van der Waals surface area (Å²) in [6.45, 7) is 2.12. The quantitative estimate of drug-likeness (QED) is 0.810. The molecule has 0 heterocycles. The second-order valence-corrected chi connectivity index (χ2v) is 6.74. The molecule has 4 bridgehead atoms. The van der Waals surface area contributed by atoms with E-state index in [0.717, 1.165) is 36.5 Å². The van der Waals surface area contributed by atoms with E-state index < -0.39 is 5.97 Å². The number of hydrogen-bond acceptors (Lipinski definition) is 1. The first-order chi connectivity index (χ1) is 8.19. The van der Waals surface area contributed by atoms with Crippen LogP contribution in [-0.4, -0.2) is 11.1 Å². The van der Waals surface area contributed by atoms with Crippen molar-refractivity contribution in [3.63, 3.8) is 0 Å². The molecule has 0 spiro atoms. The maximum Gasteiger partial charge on any atom is 0.306 e. The van der Waals surface area contributed by atoms with Crippen LogP contribution in [-0.2, 0) is 4.79 Å². The Morgan fingerprint density at radius 3 is 2.06 bits per heavy atom. The molecule has 1 unspecified atom stereocenters. The minimum absolute atomic E-state index is 0.0463. The highest BCUT2D eigenvalue weighted by Crippen LogP contribution is 2.58. The third-order valence-corrected chi connectivity index (χ3v) is 5.68. The van der Waals surface area contributed by atoms with E-state index in [1.165, 1.54) is 32.1 Å². The highest BCUT2D eigenvalue weighted by atomic mass is 16.4. The highest BCUT2D eigenvalue weighted by Gasteiger charge is 2.51. The van der Waals surface area contributed by atoms with Crippen LogP contribution in [0, 0.1) is 35.5 Å². The molecule has 4 aliphatic rings. The van der Waals surface area contributed by atoms with Gasteiger partial charge in [0.1, 0.15) is 0 Å². The van der Waals surface area contributed by atoms with Crippen LogP contribution in [0.25, 0.3) is 0 Å². The van der Waals surface area contributed by atoms with Gasteiger partial charge in [-0.2, -0.15) is 0 Å². The van der Waals surface area contributed by atoms with Gasteiger partial charge in [0.25, 0.3) is 0 Å². The maximum absolute atomic E-state index is 11.5. The minimum Gasteiger partial charge on any atom is -0.481 e. The van der Waals surface area contributed by atoms with Gasteiger partial charge in [-0.3, -0.25) is 4.79 Å². The predicted octanol–water partition coefficient (Wildman–Crippen LogP) is 3.56. The molecular formula is C15H24O2. The fourth-order valence-corrected chi connectivity index (χ4v) is 5.42. The Morgan fingerprint density at radius 2 is 1.65 bits per heavy atom. The van der Waals surface area contributed by atoms with Gasteiger partial charge >= 0.3 is 5.97 Å². The Balaban J connectivity index is 1.80. The third kappa shape index (κ3) is 1.90. The SMILES string of the molecule is CCCC(C(=O)O)C1C2CC3CC(C2)CC1C3. The van der Waals surface area contributed by atoms with E-state index in [0.29, 0.717) is 5.92 Å². The molecule has 96 valence electrons. The van der Waals surface area contributed by atoms with Gasteiger partial charge in [-0.05, 0) is 68.1 Å². The van der Waals surface area contributed by atoms with Crippen LogP contribution in [0.1, 0.15) is 51.9 Å². The lowest BCUT2D eigenvalue weighted by Gasteiger charge is -2.56. The first-order valence-corrected chi connectivity index (χ1v) is 7.41. The van der Waals surface area contributed by atoms with E-state index in [2.05, 4.69) is 6.92 Å². The summed E-state index contributed by atoms with van der Waals surface area (Å²) in [4.78, 5) is 11.5. The van der Waals surface area contributed by atoms with Crippen LogP contribution < -0.4 is 0 Å².